The summed E-state index contributed by atoms with van der Waals surface area (Å²) in [7, 11) is 0. The Balaban J connectivity index is -0.00000105. The molecule has 2 fully saturated rings. The molecule has 3 atom stereocenters. The number of alkyl carbamates (subject to hydrolysis) is 1. The Labute approximate surface area is 341 Å². The first-order chi connectivity index (χ1) is 27.6. The number of fused-ring (bicyclic) bond motifs is 2. The molecule has 2 amide bonds. The number of hydrogen-bond acceptors (Lipinski definition) is 16. The average Bonchev–Trinajstić information content (AvgIpc) is 3.88. The second-order valence-electron chi connectivity index (χ2n) is 12.9. The summed E-state index contributed by atoms with van der Waals surface area (Å²) < 4.78 is 40.0. The molecule has 2 aliphatic rings. The lowest BCUT2D eigenvalue weighted by atomic mass is 9.89. The van der Waals surface area contributed by atoms with Gasteiger partial charge in [-0.25, -0.2) is 38.4 Å². The molecule has 2 rings (SSSR count). The smallest absolute Gasteiger partial charge is 0.407 e. The summed E-state index contributed by atoms with van der Waals surface area (Å²) in [6, 6.07) is 0. The Kier molecular flexibility index (Phi) is 25.2. The van der Waals surface area contributed by atoms with Gasteiger partial charge in [0, 0.05) is 45.9 Å². The Morgan fingerprint density at radius 3 is 1.10 bits per heavy atom. The van der Waals surface area contributed by atoms with Crippen molar-refractivity contribution in [3.8, 4) is 0 Å². The fourth-order valence-electron chi connectivity index (χ4n) is 5.53. The van der Waals surface area contributed by atoms with Gasteiger partial charge in [-0.3, -0.25) is 0 Å². The lowest BCUT2D eigenvalue weighted by Crippen LogP contribution is -2.45. The molecule has 0 saturated heterocycles. The molecule has 0 aromatic carbocycles. The van der Waals surface area contributed by atoms with Crippen LogP contribution >= 0.6 is 0 Å². The summed E-state index contributed by atoms with van der Waals surface area (Å²) in [5.74, 6) is -2.68. The molecular formula is C40H60N2O16. The normalized spacial score (nSPS) is 15.9. The highest BCUT2D eigenvalue weighted by molar-refractivity contribution is 5.83. The van der Waals surface area contributed by atoms with Crippen molar-refractivity contribution in [1.82, 2.24) is 5.32 Å². The molecule has 18 nitrogen and oxygen atoms in total. The predicted molar refractivity (Wildman–Crippen MR) is 211 cm³/mol. The van der Waals surface area contributed by atoms with E-state index in [1.54, 1.807) is 0 Å². The quantitative estimate of drug-likeness (QED) is 0.0790. The number of hydrogen-bond donors (Lipinski definition) is 2. The van der Waals surface area contributed by atoms with Gasteiger partial charge >= 0.3 is 48.0 Å². The molecule has 0 radical (unpaired) electrons. The van der Waals surface area contributed by atoms with Crippen molar-refractivity contribution in [3.63, 3.8) is 0 Å². The van der Waals surface area contributed by atoms with Crippen LogP contribution < -0.4 is 11.1 Å². The van der Waals surface area contributed by atoms with Gasteiger partial charge in [0.15, 0.2) is 0 Å². The van der Waals surface area contributed by atoms with Crippen molar-refractivity contribution in [3.05, 3.63) is 75.9 Å². The fraction of sp³-hybridized carbons (Fsp3) is 0.500. The molecule has 326 valence electrons. The van der Waals surface area contributed by atoms with Crippen LogP contribution in [0.4, 0.5) is 9.59 Å². The molecule has 2 saturated carbocycles. The third kappa shape index (κ3) is 20.6. The maximum Gasteiger partial charge on any atom is 0.407 e. The second-order valence-corrected chi connectivity index (χ2v) is 12.9. The monoisotopic (exact) mass is 824 g/mol. The number of nitrogens with two attached hydrogens (primary N) is 1. The molecule has 0 aromatic rings. The van der Waals surface area contributed by atoms with E-state index in [0.717, 1.165) is 48.8 Å². The summed E-state index contributed by atoms with van der Waals surface area (Å²) in [6.07, 6.45) is 8.64. The van der Waals surface area contributed by atoms with Crippen LogP contribution in [-0.2, 0) is 66.7 Å². The second kappa shape index (κ2) is 28.2. The van der Waals surface area contributed by atoms with Crippen molar-refractivity contribution < 1.29 is 79.1 Å². The molecule has 0 spiro atoms. The number of carbonyl (C=O) groups excluding carboxylic acids is 8. The fourth-order valence-corrected chi connectivity index (χ4v) is 5.53. The van der Waals surface area contributed by atoms with Crippen LogP contribution in [0.5, 0.6) is 0 Å². The zero-order valence-corrected chi connectivity index (χ0v) is 33.2. The van der Waals surface area contributed by atoms with Crippen LogP contribution in [-0.4, -0.2) is 107 Å². The standard InChI is InChI=1S/C23H31NO8.C15H19NO8.C2H6.2H2/c1-4-19(25)29-12-23(13-30-20(26)5-2,14-31-21(27)6-3)15-32-22(28)24-11-18-10-16-7-8-17(18)9-16;1-4-11(17)21-7-15(10-24-14(16)20,8-22-12(18)5-2)9-23-13(19)6-3;1-2;;/h4-6,16-18H,1-3,7-15H2,(H,24,28);4-6H,1-3,7-10H2,(H2,16,20);1-2H3;2*1H. The van der Waals surface area contributed by atoms with E-state index >= 15 is 0 Å². The third-order valence-electron chi connectivity index (χ3n) is 8.55. The minimum absolute atomic E-state index is 0. The van der Waals surface area contributed by atoms with Crippen molar-refractivity contribution in [2.45, 2.75) is 39.5 Å². The average molecular weight is 825 g/mol. The Morgan fingerprint density at radius 1 is 0.534 bits per heavy atom. The first-order valence-corrected chi connectivity index (χ1v) is 18.2. The van der Waals surface area contributed by atoms with Crippen molar-refractivity contribution in [1.29, 1.82) is 0 Å². The lowest BCUT2D eigenvalue weighted by Gasteiger charge is -2.31. The maximum absolute atomic E-state index is 12.3. The number of nitrogens with one attached hydrogen (secondary N) is 1. The zero-order chi connectivity index (χ0) is 44.1. The number of amides is 2. The van der Waals surface area contributed by atoms with Gasteiger partial charge in [0.1, 0.15) is 63.7 Å². The minimum atomic E-state index is -1.37. The summed E-state index contributed by atoms with van der Waals surface area (Å²) in [6.45, 7) is 21.1. The number of primary amides is 1. The maximum atomic E-state index is 12.3. The van der Waals surface area contributed by atoms with E-state index in [1.165, 1.54) is 19.3 Å². The Morgan fingerprint density at radius 2 is 0.845 bits per heavy atom. The molecule has 3 unspecified atom stereocenters. The highest BCUT2D eigenvalue weighted by Crippen LogP contribution is 2.47. The summed E-state index contributed by atoms with van der Waals surface area (Å²) in [4.78, 5) is 91.7. The van der Waals surface area contributed by atoms with E-state index in [9.17, 15) is 38.4 Å². The van der Waals surface area contributed by atoms with Crippen molar-refractivity contribution in [2.75, 3.05) is 59.4 Å². The van der Waals surface area contributed by atoms with Gasteiger partial charge in [-0.1, -0.05) is 59.7 Å². The molecule has 2 bridgehead atoms. The first-order valence-electron chi connectivity index (χ1n) is 18.2. The molecule has 3 N–H and O–H groups in total. The van der Waals surface area contributed by atoms with Gasteiger partial charge in [0.05, 0.1) is 0 Å². The van der Waals surface area contributed by atoms with Gasteiger partial charge in [-0.2, -0.15) is 0 Å². The van der Waals surface area contributed by atoms with Gasteiger partial charge in [0.25, 0.3) is 0 Å². The number of ether oxygens (including phenoxy) is 8. The van der Waals surface area contributed by atoms with Gasteiger partial charge in [0.2, 0.25) is 0 Å². The van der Waals surface area contributed by atoms with Gasteiger partial charge in [-0.05, 0) is 37.0 Å². The van der Waals surface area contributed by atoms with E-state index in [4.69, 9.17) is 43.6 Å². The van der Waals surface area contributed by atoms with Crippen LogP contribution in [0.2, 0.25) is 0 Å². The Hall–Kier alpha value is -6.20. The molecule has 18 heteroatoms. The predicted octanol–water partition coefficient (Wildman–Crippen LogP) is 4.10. The minimum Gasteiger partial charge on any atom is -0.462 e. The molecule has 0 aliphatic heterocycles. The summed E-state index contributed by atoms with van der Waals surface area (Å²) in [5, 5.41) is 2.78. The van der Waals surface area contributed by atoms with Crippen LogP contribution in [0.1, 0.15) is 42.4 Å². The largest absolute Gasteiger partial charge is 0.462 e. The molecular weight excluding hydrogens is 764 g/mol. The number of rotatable bonds is 24. The highest BCUT2D eigenvalue weighted by Gasteiger charge is 2.41. The van der Waals surface area contributed by atoms with Crippen molar-refractivity contribution in [2.24, 2.45) is 34.3 Å². The van der Waals surface area contributed by atoms with Gasteiger partial charge in [-0.15, -0.1) is 0 Å². The third-order valence-corrected chi connectivity index (χ3v) is 8.55. The summed E-state index contributed by atoms with van der Waals surface area (Å²) in [5.41, 5.74) is 2.21. The van der Waals surface area contributed by atoms with Crippen LogP contribution in [0.25, 0.3) is 0 Å². The van der Waals surface area contributed by atoms with E-state index in [-0.39, 0.29) is 29.3 Å². The molecule has 58 heavy (non-hydrogen) atoms. The Bertz CT molecular complexity index is 1380. The molecule has 0 aromatic heterocycles. The van der Waals surface area contributed by atoms with Crippen molar-refractivity contribution >= 4 is 48.0 Å². The van der Waals surface area contributed by atoms with E-state index < -0.39 is 85.3 Å². The topological polar surface area (TPSA) is 248 Å². The number of carbonyl (C=O) groups is 8. The van der Waals surface area contributed by atoms with E-state index in [1.807, 2.05) is 13.8 Å². The number of esters is 6. The van der Waals surface area contributed by atoms with E-state index in [2.05, 4.69) is 44.8 Å². The molecule has 2 aliphatic carbocycles. The highest BCUT2D eigenvalue weighted by atomic mass is 16.6. The molecule has 0 heterocycles. The SMILES string of the molecule is C=CC(=O)OCC(COC(=O)C=C)(COC(=O)C=C)COC(=O)NCC1CC2CCC1C2.C=CC(=O)OCC(COC(N)=O)(COC(=O)C=C)COC(=O)C=C.CC.[HH].[HH]. The summed E-state index contributed by atoms with van der Waals surface area (Å²) >= 11 is 0. The zero-order valence-electron chi connectivity index (χ0n) is 33.2. The van der Waals surface area contributed by atoms with Crippen LogP contribution in [0.15, 0.2) is 75.9 Å². The van der Waals surface area contributed by atoms with Gasteiger partial charge < -0.3 is 48.9 Å². The van der Waals surface area contributed by atoms with Crippen LogP contribution in [0.3, 0.4) is 0 Å². The van der Waals surface area contributed by atoms with E-state index in [0.29, 0.717) is 18.4 Å². The lowest BCUT2D eigenvalue weighted by molar-refractivity contribution is -0.161. The first kappa shape index (κ1) is 51.8. The van der Waals surface area contributed by atoms with Crippen LogP contribution in [0, 0.1) is 28.6 Å².